The van der Waals surface area contributed by atoms with Crippen LogP contribution in [0, 0.1) is 10.1 Å². The van der Waals surface area contributed by atoms with Crippen LogP contribution < -0.4 is 4.72 Å². The highest BCUT2D eigenvalue weighted by Crippen LogP contribution is 2.25. The molecule has 0 saturated carbocycles. The van der Waals surface area contributed by atoms with Gasteiger partial charge in [-0.05, 0) is 13.0 Å². The topological polar surface area (TPSA) is 119 Å². The van der Waals surface area contributed by atoms with Gasteiger partial charge < -0.3 is 9.64 Å². The van der Waals surface area contributed by atoms with Gasteiger partial charge in [-0.1, -0.05) is 0 Å². The molecule has 0 spiro atoms. The number of morpholine rings is 1. The Morgan fingerprint density at radius 1 is 1.39 bits per heavy atom. The molecule has 0 bridgehead atoms. The van der Waals surface area contributed by atoms with Crippen molar-refractivity contribution < 1.29 is 22.9 Å². The molecule has 1 fully saturated rings. The van der Waals surface area contributed by atoms with Crippen molar-refractivity contribution in [2.45, 2.75) is 6.92 Å². The van der Waals surface area contributed by atoms with Crippen LogP contribution in [0.1, 0.15) is 17.3 Å². The third kappa shape index (κ3) is 4.17. The quantitative estimate of drug-likeness (QED) is 0.625. The summed E-state index contributed by atoms with van der Waals surface area (Å²) in [6.45, 7) is 3.00. The van der Waals surface area contributed by atoms with E-state index in [0.717, 1.165) is 6.07 Å². The molecular formula is C13H17N3O6S. The number of nitrogens with one attached hydrogen (secondary N) is 1. The second-order valence-electron chi connectivity index (χ2n) is 4.90. The van der Waals surface area contributed by atoms with Crippen LogP contribution in [0.25, 0.3) is 0 Å². The van der Waals surface area contributed by atoms with Crippen LogP contribution in [0.3, 0.4) is 0 Å². The second kappa shape index (κ2) is 6.92. The zero-order valence-electron chi connectivity index (χ0n) is 12.5. The normalized spacial score (nSPS) is 15.3. The zero-order valence-corrected chi connectivity index (χ0v) is 13.3. The molecule has 1 aromatic carbocycles. The van der Waals surface area contributed by atoms with E-state index >= 15 is 0 Å². The van der Waals surface area contributed by atoms with E-state index in [0.29, 0.717) is 26.3 Å². The molecule has 1 heterocycles. The number of anilines is 1. The lowest BCUT2D eigenvalue weighted by Crippen LogP contribution is -2.41. The number of carbonyl (C=O) groups excluding carboxylic acids is 1. The molecule has 0 atom stereocenters. The van der Waals surface area contributed by atoms with Crippen molar-refractivity contribution >= 4 is 27.3 Å². The van der Waals surface area contributed by atoms with Gasteiger partial charge in [-0.3, -0.25) is 19.6 Å². The summed E-state index contributed by atoms with van der Waals surface area (Å²) in [6.07, 6.45) is 0. The number of non-ortho nitro benzene ring substituents is 1. The molecule has 1 amide bonds. The molecule has 126 valence electrons. The van der Waals surface area contributed by atoms with E-state index in [-0.39, 0.29) is 22.7 Å². The number of nitro groups is 1. The van der Waals surface area contributed by atoms with Gasteiger partial charge in [0.25, 0.3) is 11.6 Å². The van der Waals surface area contributed by atoms with Crippen LogP contribution in [-0.2, 0) is 14.8 Å². The lowest BCUT2D eigenvalue weighted by Gasteiger charge is -2.27. The highest BCUT2D eigenvalue weighted by molar-refractivity contribution is 7.92. The maximum absolute atomic E-state index is 12.5. The Kier molecular flexibility index (Phi) is 5.16. The molecular weight excluding hydrogens is 326 g/mol. The molecule has 0 aliphatic carbocycles. The van der Waals surface area contributed by atoms with Crippen molar-refractivity contribution in [3.05, 3.63) is 33.9 Å². The Bertz CT molecular complexity index is 712. The fourth-order valence-electron chi connectivity index (χ4n) is 2.09. The average molecular weight is 343 g/mol. The van der Waals surface area contributed by atoms with E-state index < -0.39 is 20.9 Å². The molecule has 1 saturated heterocycles. The van der Waals surface area contributed by atoms with Crippen LogP contribution >= 0.6 is 0 Å². The molecule has 1 N–H and O–H groups in total. The van der Waals surface area contributed by atoms with E-state index in [1.165, 1.54) is 24.0 Å². The maximum Gasteiger partial charge on any atom is 0.271 e. The fourth-order valence-corrected chi connectivity index (χ4v) is 2.74. The number of rotatable bonds is 5. The second-order valence-corrected chi connectivity index (χ2v) is 6.91. The Hall–Kier alpha value is -2.20. The molecule has 2 rings (SSSR count). The predicted octanol–water partition coefficient (Wildman–Crippen LogP) is 0.829. The SMILES string of the molecule is CCS(=O)(=O)Nc1cc([N+](=O)[O-])ccc1C(=O)N1CCOCC1. The van der Waals surface area contributed by atoms with Crippen molar-refractivity contribution in [1.82, 2.24) is 4.90 Å². The van der Waals surface area contributed by atoms with E-state index in [2.05, 4.69) is 4.72 Å². The first-order valence-corrected chi connectivity index (χ1v) is 8.65. The van der Waals surface area contributed by atoms with Gasteiger partial charge in [0.1, 0.15) is 0 Å². The molecule has 1 aliphatic heterocycles. The van der Waals surface area contributed by atoms with Crippen LogP contribution in [0.4, 0.5) is 11.4 Å². The summed E-state index contributed by atoms with van der Waals surface area (Å²) >= 11 is 0. The van der Waals surface area contributed by atoms with Crippen molar-refractivity contribution in [1.29, 1.82) is 0 Å². The average Bonchev–Trinajstić information content (AvgIpc) is 2.54. The summed E-state index contributed by atoms with van der Waals surface area (Å²) in [5.41, 5.74) is -0.301. The van der Waals surface area contributed by atoms with Crippen LogP contribution in [-0.4, -0.2) is 56.2 Å². The summed E-state index contributed by atoms with van der Waals surface area (Å²) in [4.78, 5) is 24.3. The van der Waals surface area contributed by atoms with Gasteiger partial charge in [0.15, 0.2) is 0 Å². The lowest BCUT2D eigenvalue weighted by molar-refractivity contribution is -0.384. The van der Waals surface area contributed by atoms with Gasteiger partial charge in [-0.25, -0.2) is 8.42 Å². The molecule has 0 aromatic heterocycles. The van der Waals surface area contributed by atoms with Crippen molar-refractivity contribution in [2.24, 2.45) is 0 Å². The fraction of sp³-hybridized carbons (Fsp3) is 0.462. The van der Waals surface area contributed by atoms with Crippen LogP contribution in [0.15, 0.2) is 18.2 Å². The number of amides is 1. The van der Waals surface area contributed by atoms with Gasteiger partial charge in [-0.2, -0.15) is 0 Å². The Morgan fingerprint density at radius 3 is 2.61 bits per heavy atom. The molecule has 0 radical (unpaired) electrons. The first-order chi connectivity index (χ1) is 10.8. The van der Waals surface area contributed by atoms with E-state index in [1.807, 2.05) is 0 Å². The first-order valence-electron chi connectivity index (χ1n) is 7.00. The van der Waals surface area contributed by atoms with E-state index in [1.54, 1.807) is 0 Å². The zero-order chi connectivity index (χ0) is 17.0. The summed E-state index contributed by atoms with van der Waals surface area (Å²) in [5.74, 6) is -0.599. The van der Waals surface area contributed by atoms with Gasteiger partial charge in [0.05, 0.1) is 35.1 Å². The highest BCUT2D eigenvalue weighted by Gasteiger charge is 2.24. The lowest BCUT2D eigenvalue weighted by atomic mass is 10.1. The maximum atomic E-state index is 12.5. The summed E-state index contributed by atoms with van der Waals surface area (Å²) in [5, 5.41) is 10.9. The molecule has 0 unspecified atom stereocenters. The number of benzene rings is 1. The standard InChI is InChI=1S/C13H17N3O6S/c1-2-23(20,21)14-12-9-10(16(18)19)3-4-11(12)13(17)15-5-7-22-8-6-15/h3-4,9,14H,2,5-8H2,1H3. The summed E-state index contributed by atoms with van der Waals surface area (Å²) in [6, 6.07) is 3.50. The smallest absolute Gasteiger partial charge is 0.271 e. The van der Waals surface area contributed by atoms with Crippen molar-refractivity contribution in [2.75, 3.05) is 36.8 Å². The third-order valence-electron chi connectivity index (χ3n) is 3.39. The first kappa shape index (κ1) is 17.2. The van der Waals surface area contributed by atoms with Gasteiger partial charge >= 0.3 is 0 Å². The molecule has 1 aliphatic rings. The largest absolute Gasteiger partial charge is 0.378 e. The Morgan fingerprint density at radius 2 is 2.04 bits per heavy atom. The number of carbonyl (C=O) groups is 1. The van der Waals surface area contributed by atoms with Crippen LogP contribution in [0.2, 0.25) is 0 Å². The third-order valence-corrected chi connectivity index (χ3v) is 4.68. The number of hydrogen-bond donors (Lipinski definition) is 1. The highest BCUT2D eigenvalue weighted by atomic mass is 32.2. The number of sulfonamides is 1. The number of nitro benzene ring substituents is 1. The predicted molar refractivity (Wildman–Crippen MR) is 82.9 cm³/mol. The molecule has 10 heteroatoms. The minimum Gasteiger partial charge on any atom is -0.378 e. The monoisotopic (exact) mass is 343 g/mol. The molecule has 1 aromatic rings. The van der Waals surface area contributed by atoms with Crippen molar-refractivity contribution in [3.8, 4) is 0 Å². The van der Waals surface area contributed by atoms with Gasteiger partial charge in [-0.15, -0.1) is 0 Å². The molecule has 9 nitrogen and oxygen atoms in total. The summed E-state index contributed by atoms with van der Waals surface area (Å²) < 4.78 is 31.0. The van der Waals surface area contributed by atoms with Gasteiger partial charge in [0.2, 0.25) is 10.0 Å². The van der Waals surface area contributed by atoms with E-state index in [4.69, 9.17) is 4.74 Å². The Balaban J connectivity index is 2.40. The Labute approximate surface area is 133 Å². The summed E-state index contributed by atoms with van der Waals surface area (Å²) in [7, 11) is -3.67. The number of ether oxygens (including phenoxy) is 1. The van der Waals surface area contributed by atoms with Crippen LogP contribution in [0.5, 0.6) is 0 Å². The number of nitrogens with zero attached hydrogens (tertiary/aromatic N) is 2. The minimum atomic E-state index is -3.67. The molecule has 23 heavy (non-hydrogen) atoms. The minimum absolute atomic E-state index is 0.0783. The van der Waals surface area contributed by atoms with Crippen molar-refractivity contribution in [3.63, 3.8) is 0 Å². The van der Waals surface area contributed by atoms with E-state index in [9.17, 15) is 23.3 Å². The van der Waals surface area contributed by atoms with Gasteiger partial charge in [0, 0.05) is 25.2 Å². The number of hydrogen-bond acceptors (Lipinski definition) is 6.